The van der Waals surface area contributed by atoms with Gasteiger partial charge in [0.05, 0.1) is 10.6 Å². The fourth-order valence-electron chi connectivity index (χ4n) is 2.59. The zero-order valence-electron chi connectivity index (χ0n) is 10.9. The first-order valence-electron chi connectivity index (χ1n) is 6.71. The molecule has 1 aliphatic heterocycles. The summed E-state index contributed by atoms with van der Waals surface area (Å²) in [6.07, 6.45) is 2.21. The van der Waals surface area contributed by atoms with Gasteiger partial charge in [0.25, 0.3) is 0 Å². The van der Waals surface area contributed by atoms with Gasteiger partial charge in [-0.25, -0.2) is 4.57 Å². The van der Waals surface area contributed by atoms with Crippen LogP contribution in [0.2, 0.25) is 0 Å². The van der Waals surface area contributed by atoms with Crippen molar-refractivity contribution in [3.63, 3.8) is 0 Å². The Balaban J connectivity index is 2.13. The summed E-state index contributed by atoms with van der Waals surface area (Å²) in [6.45, 7) is 1.70. The molecule has 1 fully saturated rings. The lowest BCUT2D eigenvalue weighted by Crippen LogP contribution is -2.24. The minimum Gasteiger partial charge on any atom is -0.382 e. The van der Waals surface area contributed by atoms with Crippen LogP contribution in [0, 0.1) is 0 Å². The zero-order chi connectivity index (χ0) is 13.1. The molecular formula is C16H18O2P+. The van der Waals surface area contributed by atoms with E-state index in [4.69, 9.17) is 0 Å². The monoisotopic (exact) mass is 273 g/mol. The molecule has 0 saturated carbocycles. The van der Waals surface area contributed by atoms with E-state index in [0.717, 1.165) is 36.7 Å². The molecule has 2 nitrogen and oxygen atoms in total. The average Bonchev–Trinajstić information content (AvgIpc) is 3.03. The van der Waals surface area contributed by atoms with Gasteiger partial charge < -0.3 is 4.15 Å². The van der Waals surface area contributed by atoms with Gasteiger partial charge in [-0.2, -0.15) is 0 Å². The minimum absolute atomic E-state index is 0.848. The lowest BCUT2D eigenvalue weighted by Gasteiger charge is -2.24. The highest BCUT2D eigenvalue weighted by molar-refractivity contribution is 7.74. The molecule has 0 amide bonds. The molecule has 1 heterocycles. The maximum atomic E-state index is 13.7. The fraction of sp³-hybridized carbons (Fsp3) is 0.250. The second-order valence-corrected chi connectivity index (χ2v) is 7.45. The van der Waals surface area contributed by atoms with Crippen molar-refractivity contribution in [3.05, 3.63) is 60.7 Å². The van der Waals surface area contributed by atoms with Gasteiger partial charge in [-0.3, -0.25) is 0 Å². The second kappa shape index (κ2) is 5.32. The Morgan fingerprint density at radius 1 is 0.737 bits per heavy atom. The Labute approximate surface area is 114 Å². The standard InChI is InChI=1S/C16H18O2P/c17-19(18-13-7-8-14-18,15-9-3-1-4-10-15)16-11-5-2-6-12-16/h1-6,9-12H,7-8,13-14H2/q+1. The van der Waals surface area contributed by atoms with Crippen LogP contribution >= 0.6 is 7.37 Å². The van der Waals surface area contributed by atoms with Crippen LogP contribution in [-0.4, -0.2) is 13.2 Å². The van der Waals surface area contributed by atoms with Crippen LogP contribution in [0.5, 0.6) is 0 Å². The summed E-state index contributed by atoms with van der Waals surface area (Å²) < 4.78 is 16.8. The van der Waals surface area contributed by atoms with Gasteiger partial charge in [0, 0.05) is 12.8 Å². The third-order valence-electron chi connectivity index (χ3n) is 3.57. The van der Waals surface area contributed by atoms with Gasteiger partial charge in [0.2, 0.25) is 0 Å². The molecule has 98 valence electrons. The number of hydrogen-bond donors (Lipinski definition) is 0. The molecule has 0 N–H and O–H groups in total. The Hall–Kier alpha value is -1.37. The van der Waals surface area contributed by atoms with Crippen LogP contribution in [0.4, 0.5) is 0 Å². The summed E-state index contributed by atoms with van der Waals surface area (Å²) in [5.41, 5.74) is 0. The zero-order valence-corrected chi connectivity index (χ0v) is 11.8. The van der Waals surface area contributed by atoms with Crippen molar-refractivity contribution >= 4 is 18.0 Å². The molecule has 0 aromatic heterocycles. The highest BCUT2D eigenvalue weighted by Crippen LogP contribution is 2.53. The van der Waals surface area contributed by atoms with E-state index in [-0.39, 0.29) is 0 Å². The Morgan fingerprint density at radius 2 is 1.16 bits per heavy atom. The van der Waals surface area contributed by atoms with Crippen molar-refractivity contribution in [2.75, 3.05) is 13.2 Å². The molecule has 0 atom stereocenters. The summed E-state index contributed by atoms with van der Waals surface area (Å²) >= 11 is 0. The van der Waals surface area contributed by atoms with Crippen LogP contribution in [0.1, 0.15) is 12.8 Å². The van der Waals surface area contributed by atoms with Crippen LogP contribution in [-0.2, 0) is 8.72 Å². The molecule has 19 heavy (non-hydrogen) atoms. The van der Waals surface area contributed by atoms with Crippen molar-refractivity contribution < 1.29 is 8.72 Å². The summed E-state index contributed by atoms with van der Waals surface area (Å²) in [5.74, 6) is 0. The maximum absolute atomic E-state index is 13.7. The SMILES string of the molecule is O=P(c1ccccc1)(c1ccccc1)[O+]1CCCC1. The van der Waals surface area contributed by atoms with Crippen molar-refractivity contribution in [1.82, 2.24) is 0 Å². The Morgan fingerprint density at radius 3 is 1.58 bits per heavy atom. The van der Waals surface area contributed by atoms with Crippen LogP contribution in [0.15, 0.2) is 60.7 Å². The summed E-state index contributed by atoms with van der Waals surface area (Å²) in [4.78, 5) is 0. The molecule has 1 aliphatic rings. The van der Waals surface area contributed by atoms with Crippen molar-refractivity contribution in [2.45, 2.75) is 12.8 Å². The number of hydrogen-bond acceptors (Lipinski definition) is 1. The molecule has 2 aromatic rings. The predicted octanol–water partition coefficient (Wildman–Crippen LogP) is 3.26. The smallest absolute Gasteiger partial charge is 0.382 e. The topological polar surface area (TPSA) is 19.8 Å². The van der Waals surface area contributed by atoms with Crippen molar-refractivity contribution in [2.24, 2.45) is 0 Å². The molecule has 0 bridgehead atoms. The van der Waals surface area contributed by atoms with Gasteiger partial charge in [0.1, 0.15) is 13.2 Å². The first-order chi connectivity index (χ1) is 9.32. The Kier molecular flexibility index (Phi) is 3.54. The lowest BCUT2D eigenvalue weighted by atomic mass is 10.4. The first-order valence-corrected chi connectivity index (χ1v) is 8.34. The summed E-state index contributed by atoms with van der Waals surface area (Å²) in [7, 11) is -2.72. The van der Waals surface area contributed by atoms with E-state index >= 15 is 0 Å². The lowest BCUT2D eigenvalue weighted by molar-refractivity contribution is 0.0681. The average molecular weight is 273 g/mol. The Bertz CT molecular complexity index is 531. The molecule has 0 spiro atoms. The van der Waals surface area contributed by atoms with E-state index in [1.165, 1.54) is 0 Å². The molecule has 0 unspecified atom stereocenters. The van der Waals surface area contributed by atoms with Gasteiger partial charge in [-0.05, 0) is 24.3 Å². The van der Waals surface area contributed by atoms with Crippen LogP contribution in [0.3, 0.4) is 0 Å². The van der Waals surface area contributed by atoms with Gasteiger partial charge >= 0.3 is 7.37 Å². The van der Waals surface area contributed by atoms with E-state index in [2.05, 4.69) is 4.15 Å². The highest BCUT2D eigenvalue weighted by Gasteiger charge is 2.43. The van der Waals surface area contributed by atoms with Gasteiger partial charge in [-0.15, -0.1) is 0 Å². The molecule has 3 heteroatoms. The summed E-state index contributed by atoms with van der Waals surface area (Å²) in [6, 6.07) is 19.7. The van der Waals surface area contributed by atoms with E-state index in [1.807, 2.05) is 60.7 Å². The van der Waals surface area contributed by atoms with Crippen molar-refractivity contribution in [1.29, 1.82) is 0 Å². The highest BCUT2D eigenvalue weighted by atomic mass is 31.2. The van der Waals surface area contributed by atoms with E-state index in [0.29, 0.717) is 0 Å². The number of benzene rings is 2. The third kappa shape index (κ3) is 2.27. The second-order valence-electron chi connectivity index (χ2n) is 4.80. The molecule has 0 aliphatic carbocycles. The molecule has 3 rings (SSSR count). The molecule has 2 aromatic carbocycles. The predicted molar refractivity (Wildman–Crippen MR) is 79.8 cm³/mol. The van der Waals surface area contributed by atoms with Gasteiger partial charge in [-0.1, -0.05) is 36.4 Å². The molecular weight excluding hydrogens is 255 g/mol. The molecule has 1 saturated heterocycles. The maximum Gasteiger partial charge on any atom is 0.393 e. The van der Waals surface area contributed by atoms with E-state index in [9.17, 15) is 4.57 Å². The fourth-order valence-corrected chi connectivity index (χ4v) is 5.39. The minimum atomic E-state index is -2.72. The van der Waals surface area contributed by atoms with E-state index < -0.39 is 7.37 Å². The largest absolute Gasteiger partial charge is 0.393 e. The summed E-state index contributed by atoms with van der Waals surface area (Å²) in [5, 5.41) is 1.82. The van der Waals surface area contributed by atoms with Crippen LogP contribution < -0.4 is 10.6 Å². The first kappa shape index (κ1) is 12.7. The molecule has 0 radical (unpaired) electrons. The quantitative estimate of drug-likeness (QED) is 0.620. The van der Waals surface area contributed by atoms with Crippen LogP contribution in [0.25, 0.3) is 0 Å². The van der Waals surface area contributed by atoms with Crippen molar-refractivity contribution in [3.8, 4) is 0 Å². The third-order valence-corrected chi connectivity index (χ3v) is 6.61. The van der Waals surface area contributed by atoms with Gasteiger partial charge in [0.15, 0.2) is 0 Å². The van der Waals surface area contributed by atoms with E-state index in [1.54, 1.807) is 0 Å². The number of rotatable bonds is 3. The normalized spacial score (nSPS) is 16.6.